The number of amides is 1. The number of rotatable bonds is 5. The number of benzene rings is 3. The second kappa shape index (κ2) is 8.53. The highest BCUT2D eigenvalue weighted by Gasteiger charge is 2.26. The number of ether oxygens (including phenoxy) is 1. The van der Waals surface area contributed by atoms with Gasteiger partial charge in [0, 0.05) is 28.4 Å². The summed E-state index contributed by atoms with van der Waals surface area (Å²) in [6, 6.07) is 23.4. The maximum atomic E-state index is 13.0. The third kappa shape index (κ3) is 4.20. The Balaban J connectivity index is 1.45. The van der Waals surface area contributed by atoms with Crippen molar-refractivity contribution in [2.24, 2.45) is 0 Å². The van der Waals surface area contributed by atoms with Crippen molar-refractivity contribution in [3.8, 4) is 0 Å². The van der Waals surface area contributed by atoms with Crippen molar-refractivity contribution in [1.82, 2.24) is 0 Å². The average molecular weight is 404 g/mol. The number of hydrogen-bond donors (Lipinski definition) is 0. The standard InChI is InChI=1S/C24H21NO3S/c1-28-24(27)20-9-12-22-19(15-20)13-14-25(22)23(26)18-7-10-21(11-8-18)29-16-17-5-3-2-4-6-17/h2-12,15H,13-14,16H2,1H3. The fourth-order valence-electron chi connectivity index (χ4n) is 3.45. The molecule has 0 N–H and O–H groups in total. The molecule has 3 aromatic rings. The van der Waals surface area contributed by atoms with Gasteiger partial charge in [-0.3, -0.25) is 4.79 Å². The molecular weight excluding hydrogens is 382 g/mol. The van der Waals surface area contributed by atoms with Gasteiger partial charge in [-0.05, 0) is 60.0 Å². The summed E-state index contributed by atoms with van der Waals surface area (Å²) in [7, 11) is 1.37. The van der Waals surface area contributed by atoms with Crippen LogP contribution in [0.25, 0.3) is 0 Å². The highest BCUT2D eigenvalue weighted by Crippen LogP contribution is 2.31. The molecule has 0 atom stereocenters. The van der Waals surface area contributed by atoms with Crippen LogP contribution in [-0.4, -0.2) is 25.5 Å². The summed E-state index contributed by atoms with van der Waals surface area (Å²) in [6.07, 6.45) is 0.733. The Labute approximate surface area is 174 Å². The van der Waals surface area contributed by atoms with Crippen LogP contribution < -0.4 is 4.90 Å². The van der Waals surface area contributed by atoms with E-state index in [9.17, 15) is 9.59 Å². The number of carbonyl (C=O) groups excluding carboxylic acids is 2. The van der Waals surface area contributed by atoms with E-state index in [-0.39, 0.29) is 11.9 Å². The van der Waals surface area contributed by atoms with Crippen LogP contribution in [0.4, 0.5) is 5.69 Å². The minimum atomic E-state index is -0.360. The SMILES string of the molecule is COC(=O)c1ccc2c(c1)CCN2C(=O)c1ccc(SCc2ccccc2)cc1. The molecule has 0 spiro atoms. The van der Waals surface area contributed by atoms with E-state index in [1.807, 2.05) is 54.6 Å². The van der Waals surface area contributed by atoms with Crippen LogP contribution in [0.1, 0.15) is 31.8 Å². The quantitative estimate of drug-likeness (QED) is 0.446. The molecule has 146 valence electrons. The number of fused-ring (bicyclic) bond motifs is 1. The van der Waals surface area contributed by atoms with Crippen molar-refractivity contribution in [2.45, 2.75) is 17.1 Å². The monoisotopic (exact) mass is 403 g/mol. The Hall–Kier alpha value is -3.05. The maximum absolute atomic E-state index is 13.0. The molecular formula is C24H21NO3S. The molecule has 0 bridgehead atoms. The van der Waals surface area contributed by atoms with Crippen LogP contribution in [0.15, 0.2) is 77.7 Å². The largest absolute Gasteiger partial charge is 0.465 e. The molecule has 0 aromatic heterocycles. The van der Waals surface area contributed by atoms with Gasteiger partial charge in [0.1, 0.15) is 0 Å². The first-order valence-corrected chi connectivity index (χ1v) is 10.4. The molecule has 0 saturated carbocycles. The van der Waals surface area contributed by atoms with E-state index in [2.05, 4.69) is 12.1 Å². The Morgan fingerprint density at radius 2 is 1.69 bits per heavy atom. The first-order valence-electron chi connectivity index (χ1n) is 9.45. The highest BCUT2D eigenvalue weighted by molar-refractivity contribution is 7.98. The van der Waals surface area contributed by atoms with E-state index in [0.717, 1.165) is 28.3 Å². The van der Waals surface area contributed by atoms with Gasteiger partial charge in [0.2, 0.25) is 0 Å². The number of nitrogens with zero attached hydrogens (tertiary/aromatic N) is 1. The minimum absolute atomic E-state index is 0.0193. The van der Waals surface area contributed by atoms with Gasteiger partial charge in [0.15, 0.2) is 0 Å². The summed E-state index contributed by atoms with van der Waals surface area (Å²) >= 11 is 1.75. The van der Waals surface area contributed by atoms with Crippen LogP contribution in [0.5, 0.6) is 0 Å². The normalized spacial score (nSPS) is 12.5. The molecule has 1 amide bonds. The van der Waals surface area contributed by atoms with Crippen LogP contribution >= 0.6 is 11.8 Å². The summed E-state index contributed by atoms with van der Waals surface area (Å²) in [4.78, 5) is 27.6. The average Bonchev–Trinajstić information content (AvgIpc) is 3.21. The van der Waals surface area contributed by atoms with Gasteiger partial charge in [0.25, 0.3) is 5.91 Å². The molecule has 0 radical (unpaired) electrons. The Bertz CT molecular complexity index is 1030. The third-order valence-electron chi connectivity index (χ3n) is 4.99. The van der Waals surface area contributed by atoms with E-state index in [1.165, 1.54) is 12.7 Å². The van der Waals surface area contributed by atoms with Gasteiger partial charge < -0.3 is 9.64 Å². The maximum Gasteiger partial charge on any atom is 0.337 e. The molecule has 0 fully saturated rings. The first-order chi connectivity index (χ1) is 14.2. The molecule has 4 nitrogen and oxygen atoms in total. The lowest BCUT2D eigenvalue weighted by molar-refractivity contribution is 0.0600. The van der Waals surface area contributed by atoms with E-state index >= 15 is 0 Å². The van der Waals surface area contributed by atoms with Crippen molar-refractivity contribution in [3.05, 3.63) is 95.1 Å². The van der Waals surface area contributed by atoms with Crippen molar-refractivity contribution >= 4 is 29.3 Å². The van der Waals surface area contributed by atoms with Crippen molar-refractivity contribution in [2.75, 3.05) is 18.6 Å². The number of methoxy groups -OCH3 is 1. The number of esters is 1. The van der Waals surface area contributed by atoms with Gasteiger partial charge in [0.05, 0.1) is 12.7 Å². The lowest BCUT2D eigenvalue weighted by atomic mass is 10.1. The molecule has 0 saturated heterocycles. The van der Waals surface area contributed by atoms with E-state index < -0.39 is 0 Å². The molecule has 29 heavy (non-hydrogen) atoms. The topological polar surface area (TPSA) is 46.6 Å². The summed E-state index contributed by atoms with van der Waals surface area (Å²) in [5, 5.41) is 0. The van der Waals surface area contributed by atoms with E-state index in [4.69, 9.17) is 4.74 Å². The molecule has 1 aliphatic rings. The zero-order valence-electron chi connectivity index (χ0n) is 16.1. The van der Waals surface area contributed by atoms with Crippen molar-refractivity contribution in [3.63, 3.8) is 0 Å². The Morgan fingerprint density at radius 1 is 0.966 bits per heavy atom. The number of carbonyl (C=O) groups is 2. The first kappa shape index (κ1) is 19.3. The second-order valence-corrected chi connectivity index (χ2v) is 7.89. The summed E-state index contributed by atoms with van der Waals surface area (Å²) in [6.45, 7) is 0.614. The van der Waals surface area contributed by atoms with Crippen LogP contribution in [0, 0.1) is 0 Å². The molecule has 3 aromatic carbocycles. The molecule has 1 aliphatic heterocycles. The van der Waals surface area contributed by atoms with E-state index in [1.54, 1.807) is 22.7 Å². The predicted molar refractivity (Wildman–Crippen MR) is 116 cm³/mol. The van der Waals surface area contributed by atoms with Crippen molar-refractivity contribution in [1.29, 1.82) is 0 Å². The lowest BCUT2D eigenvalue weighted by Crippen LogP contribution is -2.28. The summed E-state index contributed by atoms with van der Waals surface area (Å²) in [5.74, 6) is 0.520. The fourth-order valence-corrected chi connectivity index (χ4v) is 4.30. The van der Waals surface area contributed by atoms with E-state index in [0.29, 0.717) is 17.7 Å². The van der Waals surface area contributed by atoms with Crippen LogP contribution in [0.3, 0.4) is 0 Å². The molecule has 1 heterocycles. The molecule has 4 rings (SSSR count). The van der Waals surface area contributed by atoms with Crippen LogP contribution in [-0.2, 0) is 16.9 Å². The minimum Gasteiger partial charge on any atom is -0.465 e. The smallest absolute Gasteiger partial charge is 0.337 e. The highest BCUT2D eigenvalue weighted by atomic mass is 32.2. The van der Waals surface area contributed by atoms with Gasteiger partial charge >= 0.3 is 5.97 Å². The van der Waals surface area contributed by atoms with Gasteiger partial charge in [-0.1, -0.05) is 30.3 Å². The molecule has 0 unspecified atom stereocenters. The number of hydrogen-bond acceptors (Lipinski definition) is 4. The fraction of sp³-hybridized carbons (Fsp3) is 0.167. The second-order valence-electron chi connectivity index (χ2n) is 6.84. The number of thioether (sulfide) groups is 1. The zero-order valence-corrected chi connectivity index (χ0v) is 16.9. The lowest BCUT2D eigenvalue weighted by Gasteiger charge is -2.18. The van der Waals surface area contributed by atoms with Crippen molar-refractivity contribution < 1.29 is 14.3 Å². The van der Waals surface area contributed by atoms with Gasteiger partial charge in [-0.25, -0.2) is 4.79 Å². The van der Waals surface area contributed by atoms with Gasteiger partial charge in [-0.2, -0.15) is 0 Å². The molecule has 5 heteroatoms. The molecule has 0 aliphatic carbocycles. The number of anilines is 1. The zero-order chi connectivity index (χ0) is 20.2. The van der Waals surface area contributed by atoms with Gasteiger partial charge in [-0.15, -0.1) is 11.8 Å². The Morgan fingerprint density at radius 3 is 2.41 bits per heavy atom. The third-order valence-corrected chi connectivity index (χ3v) is 6.07. The van der Waals surface area contributed by atoms with Crippen LogP contribution in [0.2, 0.25) is 0 Å². The predicted octanol–water partition coefficient (Wildman–Crippen LogP) is 4.97. The summed E-state index contributed by atoms with van der Waals surface area (Å²) in [5.41, 5.74) is 4.32. The summed E-state index contributed by atoms with van der Waals surface area (Å²) < 4.78 is 4.78. The Kier molecular flexibility index (Phi) is 5.67.